The van der Waals surface area contributed by atoms with Crippen LogP contribution in [0.2, 0.25) is 5.02 Å². The Hall–Kier alpha value is -2.09. The monoisotopic (exact) mass is 369 g/mol. The van der Waals surface area contributed by atoms with Crippen LogP contribution in [0.15, 0.2) is 68.7 Å². The summed E-state index contributed by atoms with van der Waals surface area (Å²) in [6.45, 7) is 0.00998. The minimum atomic E-state index is -3.93. The average Bonchev–Trinajstić information content (AvgIpc) is 3.23. The van der Waals surface area contributed by atoms with Gasteiger partial charge < -0.3 is 8.83 Å². The fraction of sp³-hybridized carbons (Fsp3) is 0.125. The van der Waals surface area contributed by atoms with Gasteiger partial charge in [-0.3, -0.25) is 0 Å². The molecule has 0 amide bonds. The molecule has 0 atom stereocenters. The van der Waals surface area contributed by atoms with Crippen LogP contribution in [-0.4, -0.2) is 12.7 Å². The summed E-state index contributed by atoms with van der Waals surface area (Å²) in [6.07, 6.45) is 2.92. The zero-order valence-electron chi connectivity index (χ0n) is 12.4. The molecule has 5 nitrogen and oxygen atoms in total. The van der Waals surface area contributed by atoms with Gasteiger partial charge in [-0.2, -0.15) is 4.31 Å². The summed E-state index contributed by atoms with van der Waals surface area (Å²) < 4.78 is 50.8. The number of rotatable bonds is 6. The van der Waals surface area contributed by atoms with E-state index in [1.165, 1.54) is 22.9 Å². The van der Waals surface area contributed by atoms with Crippen molar-refractivity contribution in [2.24, 2.45) is 0 Å². The Balaban J connectivity index is 1.97. The molecule has 126 valence electrons. The third-order valence-electron chi connectivity index (χ3n) is 3.35. The third kappa shape index (κ3) is 3.53. The van der Waals surface area contributed by atoms with Gasteiger partial charge in [0.2, 0.25) is 10.0 Å². The molecule has 0 aliphatic rings. The fourth-order valence-electron chi connectivity index (χ4n) is 2.16. The molecule has 3 aromatic rings. The molecule has 0 radical (unpaired) electrons. The lowest BCUT2D eigenvalue weighted by atomic mass is 10.3. The van der Waals surface area contributed by atoms with E-state index in [4.69, 9.17) is 20.4 Å². The van der Waals surface area contributed by atoms with Crippen molar-refractivity contribution >= 4 is 21.6 Å². The van der Waals surface area contributed by atoms with E-state index in [1.807, 2.05) is 0 Å². The number of nitrogens with zero attached hydrogens (tertiary/aromatic N) is 1. The maximum atomic E-state index is 13.3. The molecule has 0 N–H and O–H groups in total. The minimum absolute atomic E-state index is 0.00499. The van der Waals surface area contributed by atoms with Crippen LogP contribution in [-0.2, 0) is 23.1 Å². The van der Waals surface area contributed by atoms with Gasteiger partial charge in [-0.25, -0.2) is 12.8 Å². The van der Waals surface area contributed by atoms with Crippen molar-refractivity contribution in [2.75, 3.05) is 0 Å². The van der Waals surface area contributed by atoms with Crippen molar-refractivity contribution < 1.29 is 21.6 Å². The second-order valence-electron chi connectivity index (χ2n) is 5.01. The van der Waals surface area contributed by atoms with Gasteiger partial charge in [0, 0.05) is 0 Å². The third-order valence-corrected chi connectivity index (χ3v) is 5.43. The summed E-state index contributed by atoms with van der Waals surface area (Å²) in [7, 11) is -3.93. The minimum Gasteiger partial charge on any atom is -0.468 e. The van der Waals surface area contributed by atoms with Gasteiger partial charge in [0.05, 0.1) is 35.5 Å². The summed E-state index contributed by atoms with van der Waals surface area (Å²) >= 11 is 5.72. The molecule has 0 saturated heterocycles. The normalized spacial score (nSPS) is 12.0. The quantitative estimate of drug-likeness (QED) is 0.657. The first-order chi connectivity index (χ1) is 11.5. The first-order valence-corrected chi connectivity index (χ1v) is 8.78. The molecule has 2 aromatic heterocycles. The lowest BCUT2D eigenvalue weighted by Crippen LogP contribution is -2.30. The van der Waals surface area contributed by atoms with Crippen LogP contribution < -0.4 is 0 Å². The van der Waals surface area contributed by atoms with Crippen molar-refractivity contribution in [3.05, 3.63) is 77.4 Å². The highest BCUT2D eigenvalue weighted by Gasteiger charge is 2.27. The van der Waals surface area contributed by atoms with E-state index in [-0.39, 0.29) is 23.0 Å². The topological polar surface area (TPSA) is 63.7 Å². The van der Waals surface area contributed by atoms with E-state index in [9.17, 15) is 12.8 Å². The molecule has 0 fully saturated rings. The van der Waals surface area contributed by atoms with Crippen LogP contribution >= 0.6 is 11.6 Å². The molecule has 0 aliphatic heterocycles. The van der Waals surface area contributed by atoms with Gasteiger partial charge >= 0.3 is 0 Å². The molecular formula is C16H13ClFNO4S. The van der Waals surface area contributed by atoms with E-state index in [2.05, 4.69) is 0 Å². The maximum absolute atomic E-state index is 13.3. The number of hydrogen-bond acceptors (Lipinski definition) is 4. The van der Waals surface area contributed by atoms with Crippen LogP contribution in [0, 0.1) is 5.82 Å². The SMILES string of the molecule is O=S(=O)(c1ccc(F)c(Cl)c1)N(Cc1ccco1)Cc1ccco1. The maximum Gasteiger partial charge on any atom is 0.243 e. The largest absolute Gasteiger partial charge is 0.468 e. The van der Waals surface area contributed by atoms with Crippen molar-refractivity contribution in [1.82, 2.24) is 4.31 Å². The molecule has 0 bridgehead atoms. The van der Waals surface area contributed by atoms with Crippen LogP contribution in [0.4, 0.5) is 4.39 Å². The van der Waals surface area contributed by atoms with Gasteiger partial charge in [-0.1, -0.05) is 11.6 Å². The summed E-state index contributed by atoms with van der Waals surface area (Å²) in [5.41, 5.74) is 0. The Morgan fingerprint density at radius 2 is 1.58 bits per heavy atom. The van der Waals surface area contributed by atoms with Crippen LogP contribution in [0.3, 0.4) is 0 Å². The lowest BCUT2D eigenvalue weighted by Gasteiger charge is -2.20. The van der Waals surface area contributed by atoms with E-state index in [1.54, 1.807) is 24.3 Å². The van der Waals surface area contributed by atoms with Crippen molar-refractivity contribution in [3.63, 3.8) is 0 Å². The molecule has 2 heterocycles. The Morgan fingerprint density at radius 1 is 1.00 bits per heavy atom. The van der Waals surface area contributed by atoms with Crippen LogP contribution in [0.1, 0.15) is 11.5 Å². The smallest absolute Gasteiger partial charge is 0.243 e. The predicted molar refractivity (Wildman–Crippen MR) is 85.3 cm³/mol. The lowest BCUT2D eigenvalue weighted by molar-refractivity contribution is 0.330. The summed E-state index contributed by atoms with van der Waals surface area (Å²) in [5, 5.41) is -0.257. The summed E-state index contributed by atoms with van der Waals surface area (Å²) in [5.74, 6) is 0.260. The summed E-state index contributed by atoms with van der Waals surface area (Å²) in [4.78, 5) is -0.105. The van der Waals surface area contributed by atoms with Crippen molar-refractivity contribution in [2.45, 2.75) is 18.0 Å². The Kier molecular flexibility index (Phi) is 4.75. The predicted octanol–water partition coefficient (Wildman–Crippen LogP) is 4.06. The molecule has 0 unspecified atom stereocenters. The molecular weight excluding hydrogens is 357 g/mol. The zero-order chi connectivity index (χ0) is 17.2. The molecule has 0 saturated carbocycles. The van der Waals surface area contributed by atoms with E-state index in [0.29, 0.717) is 11.5 Å². The number of furan rings is 2. The van der Waals surface area contributed by atoms with Gasteiger partial charge in [0.1, 0.15) is 17.3 Å². The Morgan fingerprint density at radius 3 is 2.04 bits per heavy atom. The first-order valence-electron chi connectivity index (χ1n) is 6.97. The van der Waals surface area contributed by atoms with Gasteiger partial charge in [-0.05, 0) is 42.5 Å². The van der Waals surface area contributed by atoms with Crippen LogP contribution in [0.5, 0.6) is 0 Å². The Bertz CT molecular complexity index is 871. The van der Waals surface area contributed by atoms with E-state index in [0.717, 1.165) is 12.1 Å². The Labute approximate surface area is 143 Å². The molecule has 8 heteroatoms. The molecule has 3 rings (SSSR count). The first kappa shape index (κ1) is 16.8. The zero-order valence-corrected chi connectivity index (χ0v) is 13.9. The second kappa shape index (κ2) is 6.80. The number of hydrogen-bond donors (Lipinski definition) is 0. The van der Waals surface area contributed by atoms with E-state index >= 15 is 0 Å². The fourth-order valence-corrected chi connectivity index (χ4v) is 3.81. The molecule has 1 aromatic carbocycles. The molecule has 24 heavy (non-hydrogen) atoms. The van der Waals surface area contributed by atoms with Crippen LogP contribution in [0.25, 0.3) is 0 Å². The average molecular weight is 370 g/mol. The van der Waals surface area contributed by atoms with Crippen molar-refractivity contribution in [3.8, 4) is 0 Å². The second-order valence-corrected chi connectivity index (χ2v) is 7.35. The van der Waals surface area contributed by atoms with Gasteiger partial charge in [0.15, 0.2) is 0 Å². The summed E-state index contributed by atoms with van der Waals surface area (Å²) in [6, 6.07) is 9.96. The van der Waals surface area contributed by atoms with Crippen molar-refractivity contribution in [1.29, 1.82) is 0 Å². The number of halogens is 2. The number of benzene rings is 1. The highest BCUT2D eigenvalue weighted by Crippen LogP contribution is 2.25. The molecule has 0 aliphatic carbocycles. The highest BCUT2D eigenvalue weighted by atomic mass is 35.5. The molecule has 0 spiro atoms. The highest BCUT2D eigenvalue weighted by molar-refractivity contribution is 7.89. The van der Waals surface area contributed by atoms with E-state index < -0.39 is 15.8 Å². The van der Waals surface area contributed by atoms with Gasteiger partial charge in [0.25, 0.3) is 0 Å². The van der Waals surface area contributed by atoms with Gasteiger partial charge in [-0.15, -0.1) is 0 Å². The number of sulfonamides is 1. The standard InChI is InChI=1S/C16H13ClFNO4S/c17-15-9-14(5-6-16(15)18)24(20,21)19(10-12-3-1-7-22-12)11-13-4-2-8-23-13/h1-9H,10-11H2.